The van der Waals surface area contributed by atoms with Gasteiger partial charge in [0.25, 0.3) is 0 Å². The van der Waals surface area contributed by atoms with Crippen molar-refractivity contribution in [2.45, 2.75) is 38.6 Å². The van der Waals surface area contributed by atoms with Gasteiger partial charge in [-0.05, 0) is 85.9 Å². The van der Waals surface area contributed by atoms with Crippen molar-refractivity contribution in [3.8, 4) is 11.1 Å². The van der Waals surface area contributed by atoms with E-state index in [-0.39, 0.29) is 11.5 Å². The van der Waals surface area contributed by atoms with Crippen molar-refractivity contribution < 1.29 is 0 Å². The summed E-state index contributed by atoms with van der Waals surface area (Å²) in [5.41, 5.74) is 8.57. The van der Waals surface area contributed by atoms with E-state index in [0.717, 1.165) is 22.9 Å². The van der Waals surface area contributed by atoms with E-state index in [4.69, 9.17) is 0 Å². The molecule has 0 amide bonds. The Morgan fingerprint density at radius 2 is 1.46 bits per heavy atom. The van der Waals surface area contributed by atoms with Crippen LogP contribution in [0.25, 0.3) is 32.9 Å². The van der Waals surface area contributed by atoms with Crippen LogP contribution in [0.5, 0.6) is 0 Å². The van der Waals surface area contributed by atoms with Crippen molar-refractivity contribution in [2.75, 3.05) is 11.1 Å². The first-order valence-electron chi connectivity index (χ1n) is 16.0. The van der Waals surface area contributed by atoms with E-state index in [9.17, 15) is 0 Å². The van der Waals surface area contributed by atoms with Crippen molar-refractivity contribution in [1.82, 2.24) is 4.57 Å². The molecule has 0 bridgehead atoms. The molecule has 0 radical (unpaired) electrons. The van der Waals surface area contributed by atoms with Crippen LogP contribution in [0.1, 0.15) is 37.8 Å². The largest absolute Gasteiger partial charge is 0.350 e. The fourth-order valence-corrected chi connectivity index (χ4v) is 6.86. The molecule has 46 heavy (non-hydrogen) atoms. The molecule has 5 aromatic carbocycles. The van der Waals surface area contributed by atoms with Gasteiger partial charge in [0, 0.05) is 44.7 Å². The molecule has 1 aromatic heterocycles. The van der Waals surface area contributed by atoms with Crippen LogP contribution >= 0.6 is 11.8 Å². The van der Waals surface area contributed by atoms with E-state index >= 15 is 0 Å². The summed E-state index contributed by atoms with van der Waals surface area (Å²) in [7, 11) is 0. The van der Waals surface area contributed by atoms with Gasteiger partial charge in [0.15, 0.2) is 0 Å². The molecular weight excluding hydrogens is 577 g/mol. The topological polar surface area (TPSA) is 17.0 Å². The van der Waals surface area contributed by atoms with Crippen LogP contribution in [-0.2, 0) is 12.0 Å². The first kappa shape index (κ1) is 31.3. The summed E-state index contributed by atoms with van der Waals surface area (Å²) in [6.07, 6.45) is 9.81. The summed E-state index contributed by atoms with van der Waals surface area (Å²) >= 11 is 1.77. The molecule has 3 heteroatoms. The first-order chi connectivity index (χ1) is 22.4. The number of benzene rings is 5. The third kappa shape index (κ3) is 7.22. The number of fused-ring (bicyclic) bond motifs is 3. The van der Waals surface area contributed by atoms with E-state index in [0.29, 0.717) is 0 Å². The molecule has 0 aliphatic carbocycles. The van der Waals surface area contributed by atoms with Crippen molar-refractivity contribution >= 4 is 39.3 Å². The average molecular weight is 619 g/mol. The molecule has 230 valence electrons. The van der Waals surface area contributed by atoms with Gasteiger partial charge in [-0.25, -0.2) is 0 Å². The highest BCUT2D eigenvalue weighted by Crippen LogP contribution is 2.37. The lowest BCUT2D eigenvalue weighted by Gasteiger charge is -2.24. The second-order valence-corrected chi connectivity index (χ2v) is 13.7. The highest BCUT2D eigenvalue weighted by molar-refractivity contribution is 8.03. The molecule has 0 aliphatic rings. The number of aromatic nitrogens is 1. The van der Waals surface area contributed by atoms with Gasteiger partial charge in [0.2, 0.25) is 0 Å². The minimum absolute atomic E-state index is 0.0209. The molecular formula is C43H42N2S. The Hall–Kier alpha value is -4.73. The minimum atomic E-state index is -0.0209. The standard InChI is InChI=1S/C43H42N2S/c1-5-28-46-42(31-35(33-19-10-7-11-20-33)21-14-18-32-16-8-6-9-17-32)44-37-23-15-22-34(29-37)36-26-27-41-39(30-36)38-24-12-13-25-40(38)45(41)43(2,3)4/h5-17,19-27,29-31,35,44H,1,18,28H2,2-4H3/b21-14-,42-31+. The Morgan fingerprint density at radius 1 is 0.761 bits per heavy atom. The number of hydrogen-bond donors (Lipinski definition) is 1. The highest BCUT2D eigenvalue weighted by Gasteiger charge is 2.20. The van der Waals surface area contributed by atoms with Crippen LogP contribution in [0.3, 0.4) is 0 Å². The predicted molar refractivity (Wildman–Crippen MR) is 203 cm³/mol. The van der Waals surface area contributed by atoms with Gasteiger partial charge in [-0.2, -0.15) is 0 Å². The maximum absolute atomic E-state index is 3.99. The zero-order valence-electron chi connectivity index (χ0n) is 27.0. The van der Waals surface area contributed by atoms with Gasteiger partial charge in [-0.1, -0.05) is 115 Å². The molecule has 0 saturated heterocycles. The van der Waals surface area contributed by atoms with Gasteiger partial charge >= 0.3 is 0 Å². The van der Waals surface area contributed by atoms with Gasteiger partial charge in [-0.15, -0.1) is 18.3 Å². The SMILES string of the molecule is C=CCS/C(=C/C(/C=C\Cc1ccccc1)c1ccccc1)Nc1cccc(-c2ccc3c(c2)c2ccccc2n3C(C)(C)C)c1. The summed E-state index contributed by atoms with van der Waals surface area (Å²) in [6.45, 7) is 10.8. The van der Waals surface area contributed by atoms with Crippen LogP contribution in [0.15, 0.2) is 163 Å². The van der Waals surface area contributed by atoms with Crippen LogP contribution in [0.4, 0.5) is 5.69 Å². The number of anilines is 1. The molecule has 1 unspecified atom stereocenters. The zero-order chi connectivity index (χ0) is 31.9. The molecule has 6 rings (SSSR count). The highest BCUT2D eigenvalue weighted by atomic mass is 32.2. The summed E-state index contributed by atoms with van der Waals surface area (Å²) in [6, 6.07) is 45.7. The monoisotopic (exact) mass is 618 g/mol. The van der Waals surface area contributed by atoms with Gasteiger partial charge in [0.05, 0.1) is 5.03 Å². The summed E-state index contributed by atoms with van der Waals surface area (Å²) in [5, 5.41) is 7.45. The molecule has 0 aliphatic heterocycles. The van der Waals surface area contributed by atoms with Gasteiger partial charge in [-0.3, -0.25) is 0 Å². The first-order valence-corrected chi connectivity index (χ1v) is 17.0. The van der Waals surface area contributed by atoms with Crippen molar-refractivity contribution in [3.63, 3.8) is 0 Å². The second kappa shape index (κ2) is 14.1. The van der Waals surface area contributed by atoms with E-state index < -0.39 is 0 Å². The van der Waals surface area contributed by atoms with Crippen LogP contribution in [0.2, 0.25) is 0 Å². The third-order valence-corrected chi connectivity index (χ3v) is 9.17. The lowest BCUT2D eigenvalue weighted by molar-refractivity contribution is 0.423. The maximum Gasteiger partial charge on any atom is 0.0697 e. The Kier molecular flexibility index (Phi) is 9.61. The Morgan fingerprint density at radius 3 is 2.22 bits per heavy atom. The molecule has 1 N–H and O–H groups in total. The molecule has 1 heterocycles. The predicted octanol–water partition coefficient (Wildman–Crippen LogP) is 12.0. The fraction of sp³-hybridized carbons (Fsp3) is 0.163. The van der Waals surface area contributed by atoms with E-state index in [1.54, 1.807) is 11.8 Å². The molecule has 0 fully saturated rings. The summed E-state index contributed by atoms with van der Waals surface area (Å²) < 4.78 is 2.46. The average Bonchev–Trinajstić information content (AvgIpc) is 3.42. The number of nitrogens with zero attached hydrogens (tertiary/aromatic N) is 1. The molecule has 2 nitrogen and oxygen atoms in total. The van der Waals surface area contributed by atoms with Gasteiger partial charge < -0.3 is 9.88 Å². The number of hydrogen-bond acceptors (Lipinski definition) is 2. The van der Waals surface area contributed by atoms with Crippen LogP contribution < -0.4 is 5.32 Å². The fourth-order valence-electron chi connectivity index (χ4n) is 6.13. The second-order valence-electron chi connectivity index (χ2n) is 12.6. The van der Waals surface area contributed by atoms with Crippen molar-refractivity contribution in [3.05, 3.63) is 174 Å². The number of rotatable bonds is 11. The molecule has 1 atom stereocenters. The van der Waals surface area contributed by atoms with E-state index in [1.165, 1.54) is 44.1 Å². The number of nitrogens with one attached hydrogen (secondary N) is 1. The Labute approximate surface area is 278 Å². The summed E-state index contributed by atoms with van der Waals surface area (Å²) in [4.78, 5) is 0. The third-order valence-electron chi connectivity index (χ3n) is 8.22. The van der Waals surface area contributed by atoms with Crippen LogP contribution in [-0.4, -0.2) is 10.3 Å². The lowest BCUT2D eigenvalue weighted by atomic mass is 9.97. The van der Waals surface area contributed by atoms with Gasteiger partial charge in [0.1, 0.15) is 0 Å². The normalized spacial score (nSPS) is 13.0. The molecule has 6 aromatic rings. The number of thioether (sulfide) groups is 1. The van der Waals surface area contributed by atoms with Crippen LogP contribution in [0, 0.1) is 0 Å². The Balaban J connectivity index is 1.32. The Bertz CT molecular complexity index is 1990. The smallest absolute Gasteiger partial charge is 0.0697 e. The maximum atomic E-state index is 3.99. The van der Waals surface area contributed by atoms with Crippen molar-refractivity contribution in [1.29, 1.82) is 0 Å². The quantitative estimate of drug-likeness (QED) is 0.146. The minimum Gasteiger partial charge on any atom is -0.350 e. The van der Waals surface area contributed by atoms with E-state index in [1.807, 2.05) is 6.08 Å². The van der Waals surface area contributed by atoms with E-state index in [2.05, 4.69) is 183 Å². The van der Waals surface area contributed by atoms with Crippen molar-refractivity contribution in [2.24, 2.45) is 0 Å². The molecule has 0 spiro atoms. The number of para-hydroxylation sites is 1. The lowest BCUT2D eigenvalue weighted by Crippen LogP contribution is -2.21. The number of allylic oxidation sites excluding steroid dienone is 3. The summed E-state index contributed by atoms with van der Waals surface area (Å²) in [5.74, 6) is 0.956. The molecule has 0 saturated carbocycles. The zero-order valence-corrected chi connectivity index (χ0v) is 27.8.